The van der Waals surface area contributed by atoms with Crippen LogP contribution in [0.3, 0.4) is 0 Å². The summed E-state index contributed by atoms with van der Waals surface area (Å²) in [6.45, 7) is 3.71. The maximum Gasteiger partial charge on any atom is 0.317 e. The Balaban J connectivity index is 1.60. The van der Waals surface area contributed by atoms with Crippen molar-refractivity contribution in [2.75, 3.05) is 19.7 Å². The number of nitrogens with zero attached hydrogens (tertiary/aromatic N) is 2. The van der Waals surface area contributed by atoms with Crippen molar-refractivity contribution < 1.29 is 13.9 Å². The van der Waals surface area contributed by atoms with E-state index < -0.39 is 0 Å². The molecular formula is C18H22FN3O2. The van der Waals surface area contributed by atoms with Gasteiger partial charge in [-0.25, -0.2) is 9.18 Å². The molecule has 0 spiro atoms. The van der Waals surface area contributed by atoms with E-state index in [0.29, 0.717) is 31.8 Å². The number of ether oxygens (including phenoxy) is 1. The van der Waals surface area contributed by atoms with Gasteiger partial charge in [-0.3, -0.25) is 0 Å². The molecule has 0 aliphatic carbocycles. The fourth-order valence-electron chi connectivity index (χ4n) is 2.86. The largest absolute Gasteiger partial charge is 0.370 e. The molecule has 1 fully saturated rings. The Hall–Kier alpha value is -2.34. The molecule has 5 nitrogen and oxygen atoms in total. The van der Waals surface area contributed by atoms with Crippen LogP contribution < -0.4 is 5.32 Å². The second-order valence-electron chi connectivity index (χ2n) is 6.16. The number of urea groups is 1. The van der Waals surface area contributed by atoms with Crippen molar-refractivity contribution in [1.82, 2.24) is 14.8 Å². The maximum atomic E-state index is 13.4. The van der Waals surface area contributed by atoms with E-state index in [2.05, 4.69) is 5.32 Å². The summed E-state index contributed by atoms with van der Waals surface area (Å²) < 4.78 is 21.1. The van der Waals surface area contributed by atoms with E-state index in [4.69, 9.17) is 4.74 Å². The third-order valence-electron chi connectivity index (χ3n) is 4.24. The molecule has 0 bridgehead atoms. The SMILES string of the molecule is Cc1cc([C@H]2CN(C(=O)NCc3ccn(C)c3)CCO2)ccc1F. The zero-order valence-electron chi connectivity index (χ0n) is 14.0. The van der Waals surface area contributed by atoms with Crippen LogP contribution in [0.5, 0.6) is 0 Å². The second kappa shape index (κ2) is 7.05. The summed E-state index contributed by atoms with van der Waals surface area (Å²) in [6, 6.07) is 6.82. The number of aromatic nitrogens is 1. The minimum absolute atomic E-state index is 0.106. The number of hydrogen-bond donors (Lipinski definition) is 1. The van der Waals surface area contributed by atoms with Crippen molar-refractivity contribution in [3.63, 3.8) is 0 Å². The van der Waals surface area contributed by atoms with Crippen LogP contribution in [0.1, 0.15) is 22.8 Å². The van der Waals surface area contributed by atoms with Crippen molar-refractivity contribution in [2.45, 2.75) is 19.6 Å². The highest BCUT2D eigenvalue weighted by molar-refractivity contribution is 5.74. The number of aryl methyl sites for hydroxylation is 2. The van der Waals surface area contributed by atoms with Gasteiger partial charge in [-0.2, -0.15) is 0 Å². The van der Waals surface area contributed by atoms with Gasteiger partial charge in [-0.15, -0.1) is 0 Å². The maximum absolute atomic E-state index is 13.4. The van der Waals surface area contributed by atoms with E-state index in [1.54, 1.807) is 24.0 Å². The van der Waals surface area contributed by atoms with Crippen molar-refractivity contribution in [1.29, 1.82) is 0 Å². The lowest BCUT2D eigenvalue weighted by Gasteiger charge is -2.33. The van der Waals surface area contributed by atoms with Crippen molar-refractivity contribution in [3.8, 4) is 0 Å². The molecule has 0 saturated carbocycles. The quantitative estimate of drug-likeness (QED) is 0.940. The molecule has 1 saturated heterocycles. The number of hydrogen-bond acceptors (Lipinski definition) is 2. The van der Waals surface area contributed by atoms with Crippen LogP contribution in [-0.4, -0.2) is 35.2 Å². The van der Waals surface area contributed by atoms with Gasteiger partial charge in [0.05, 0.1) is 13.2 Å². The van der Waals surface area contributed by atoms with Crippen LogP contribution in [0.25, 0.3) is 0 Å². The Labute approximate surface area is 141 Å². The number of amides is 2. The molecule has 2 aromatic rings. The summed E-state index contributed by atoms with van der Waals surface area (Å²) in [5, 5.41) is 2.93. The zero-order chi connectivity index (χ0) is 17.1. The van der Waals surface area contributed by atoms with E-state index in [1.165, 1.54) is 6.07 Å². The molecular weight excluding hydrogens is 309 g/mol. The van der Waals surface area contributed by atoms with Crippen molar-refractivity contribution in [2.24, 2.45) is 7.05 Å². The van der Waals surface area contributed by atoms with Gasteiger partial charge < -0.3 is 19.5 Å². The molecule has 0 unspecified atom stereocenters. The molecule has 1 aromatic carbocycles. The van der Waals surface area contributed by atoms with Crippen LogP contribution in [0.2, 0.25) is 0 Å². The first-order valence-electron chi connectivity index (χ1n) is 8.04. The number of rotatable bonds is 3. The normalized spacial score (nSPS) is 17.8. The lowest BCUT2D eigenvalue weighted by molar-refractivity contribution is -0.0155. The first kappa shape index (κ1) is 16.5. The molecule has 1 aliphatic heterocycles. The number of benzene rings is 1. The summed E-state index contributed by atoms with van der Waals surface area (Å²) in [6.07, 6.45) is 3.70. The minimum Gasteiger partial charge on any atom is -0.370 e. The van der Waals surface area contributed by atoms with Crippen molar-refractivity contribution in [3.05, 3.63) is 59.2 Å². The van der Waals surface area contributed by atoms with Gasteiger partial charge in [0.15, 0.2) is 0 Å². The first-order valence-corrected chi connectivity index (χ1v) is 8.04. The summed E-state index contributed by atoms with van der Waals surface area (Å²) in [7, 11) is 1.95. The molecule has 0 radical (unpaired) electrons. The Morgan fingerprint density at radius 3 is 2.96 bits per heavy atom. The van der Waals surface area contributed by atoms with Crippen LogP contribution in [0.4, 0.5) is 9.18 Å². The number of halogens is 1. The summed E-state index contributed by atoms with van der Waals surface area (Å²) in [5.41, 5.74) is 2.54. The standard InChI is InChI=1S/C18H22FN3O2/c1-13-9-15(3-4-16(13)19)17-12-22(7-8-24-17)18(23)20-10-14-5-6-21(2)11-14/h3-6,9,11,17H,7-8,10,12H2,1-2H3,(H,20,23)/t17-/m1/s1. The summed E-state index contributed by atoms with van der Waals surface area (Å²) in [4.78, 5) is 14.1. The van der Waals surface area contributed by atoms with E-state index in [0.717, 1.165) is 11.1 Å². The van der Waals surface area contributed by atoms with Crippen LogP contribution in [-0.2, 0) is 18.3 Å². The van der Waals surface area contributed by atoms with E-state index in [-0.39, 0.29) is 18.0 Å². The number of nitrogens with one attached hydrogen (secondary N) is 1. The molecule has 128 valence electrons. The average Bonchev–Trinajstić information content (AvgIpc) is 3.00. The fraction of sp³-hybridized carbons (Fsp3) is 0.389. The van der Waals surface area contributed by atoms with Gasteiger partial charge in [0, 0.05) is 32.5 Å². The van der Waals surface area contributed by atoms with Crippen molar-refractivity contribution >= 4 is 6.03 Å². The first-order chi connectivity index (χ1) is 11.5. The highest BCUT2D eigenvalue weighted by atomic mass is 19.1. The Morgan fingerprint density at radius 1 is 1.42 bits per heavy atom. The smallest absolute Gasteiger partial charge is 0.317 e. The molecule has 2 heterocycles. The third kappa shape index (κ3) is 3.76. The van der Waals surface area contributed by atoms with Gasteiger partial charge in [0.25, 0.3) is 0 Å². The van der Waals surface area contributed by atoms with E-state index in [9.17, 15) is 9.18 Å². The zero-order valence-corrected chi connectivity index (χ0v) is 14.0. The predicted octanol–water partition coefficient (Wildman–Crippen LogP) is 2.76. The molecule has 1 N–H and O–H groups in total. The van der Waals surface area contributed by atoms with Gasteiger partial charge in [0.1, 0.15) is 11.9 Å². The molecule has 24 heavy (non-hydrogen) atoms. The number of carbonyl (C=O) groups is 1. The average molecular weight is 331 g/mol. The van der Waals surface area contributed by atoms with Crippen LogP contribution in [0.15, 0.2) is 36.7 Å². The number of morpholine rings is 1. The van der Waals surface area contributed by atoms with Crippen LogP contribution in [0, 0.1) is 12.7 Å². The topological polar surface area (TPSA) is 46.5 Å². The lowest BCUT2D eigenvalue weighted by atomic mass is 10.0. The Morgan fingerprint density at radius 2 is 2.25 bits per heavy atom. The number of carbonyl (C=O) groups excluding carboxylic acids is 1. The molecule has 3 rings (SSSR count). The van der Waals surface area contributed by atoms with Gasteiger partial charge >= 0.3 is 6.03 Å². The molecule has 1 aromatic heterocycles. The van der Waals surface area contributed by atoms with Crippen LogP contribution >= 0.6 is 0 Å². The highest BCUT2D eigenvalue weighted by Crippen LogP contribution is 2.24. The fourth-order valence-corrected chi connectivity index (χ4v) is 2.86. The Kier molecular flexibility index (Phi) is 4.85. The molecule has 6 heteroatoms. The molecule has 2 amide bonds. The second-order valence-corrected chi connectivity index (χ2v) is 6.16. The van der Waals surface area contributed by atoms with Gasteiger partial charge in [0.2, 0.25) is 0 Å². The molecule has 1 aliphatic rings. The lowest BCUT2D eigenvalue weighted by Crippen LogP contribution is -2.46. The monoisotopic (exact) mass is 331 g/mol. The highest BCUT2D eigenvalue weighted by Gasteiger charge is 2.25. The predicted molar refractivity (Wildman–Crippen MR) is 89.1 cm³/mol. The Bertz CT molecular complexity index is 729. The third-order valence-corrected chi connectivity index (χ3v) is 4.24. The van der Waals surface area contributed by atoms with E-state index in [1.807, 2.05) is 30.1 Å². The molecule has 1 atom stereocenters. The van der Waals surface area contributed by atoms with Gasteiger partial charge in [-0.1, -0.05) is 12.1 Å². The summed E-state index contributed by atoms with van der Waals surface area (Å²) >= 11 is 0. The minimum atomic E-state index is -0.230. The summed E-state index contributed by atoms with van der Waals surface area (Å²) in [5.74, 6) is -0.230. The van der Waals surface area contributed by atoms with Gasteiger partial charge in [-0.05, 0) is 35.7 Å². The van der Waals surface area contributed by atoms with E-state index >= 15 is 0 Å².